The Labute approximate surface area is 121 Å². The normalized spacial score (nSPS) is 16.1. The Bertz CT molecular complexity index is 669. The minimum atomic E-state index is -0.987. The monoisotopic (exact) mass is 289 g/mol. The highest BCUT2D eigenvalue weighted by molar-refractivity contribution is 5.92. The van der Waals surface area contributed by atoms with Gasteiger partial charge in [-0.15, -0.1) is 0 Å². The van der Waals surface area contributed by atoms with Crippen LogP contribution in [0.2, 0.25) is 0 Å². The van der Waals surface area contributed by atoms with Gasteiger partial charge in [-0.25, -0.2) is 14.2 Å². The summed E-state index contributed by atoms with van der Waals surface area (Å²) in [4.78, 5) is 17.1. The van der Waals surface area contributed by atoms with Gasteiger partial charge >= 0.3 is 6.09 Å². The van der Waals surface area contributed by atoms with Gasteiger partial charge in [-0.05, 0) is 36.4 Å². The molecular weight excluding hydrogens is 273 g/mol. The Morgan fingerprint density at radius 2 is 2.10 bits per heavy atom. The second-order valence-electron chi connectivity index (χ2n) is 5.21. The van der Waals surface area contributed by atoms with Crippen LogP contribution in [-0.2, 0) is 0 Å². The van der Waals surface area contributed by atoms with Gasteiger partial charge in [0.1, 0.15) is 11.6 Å². The number of halogens is 1. The number of anilines is 1. The highest BCUT2D eigenvalue weighted by Gasteiger charge is 2.22. The Balaban J connectivity index is 1.82. The van der Waals surface area contributed by atoms with Crippen LogP contribution >= 0.6 is 0 Å². The molecule has 3 rings (SSSR count). The third-order valence-corrected chi connectivity index (χ3v) is 3.83. The van der Waals surface area contributed by atoms with Gasteiger partial charge in [0, 0.05) is 30.7 Å². The standard InChI is InChI=1S/C15H16FN3O2/c16-11-2-1-10-3-6-17-14(13(10)9-11)19-7-4-12(5-8-19)18-15(20)21/h1-3,6,9,12,18H,4-5,7-8H2,(H,20,21). The molecule has 0 saturated carbocycles. The summed E-state index contributed by atoms with van der Waals surface area (Å²) in [6.07, 6.45) is 2.18. The predicted octanol–water partition coefficient (Wildman–Crippen LogP) is 2.61. The van der Waals surface area contributed by atoms with Gasteiger partial charge in [-0.3, -0.25) is 0 Å². The average Bonchev–Trinajstić information content (AvgIpc) is 2.47. The molecule has 2 aromatic rings. The van der Waals surface area contributed by atoms with Crippen LogP contribution in [0.4, 0.5) is 15.0 Å². The van der Waals surface area contributed by atoms with E-state index in [0.717, 1.165) is 29.4 Å². The highest BCUT2D eigenvalue weighted by atomic mass is 19.1. The number of hydrogen-bond acceptors (Lipinski definition) is 3. The van der Waals surface area contributed by atoms with E-state index < -0.39 is 6.09 Å². The molecule has 6 heteroatoms. The lowest BCUT2D eigenvalue weighted by Crippen LogP contribution is -2.44. The summed E-state index contributed by atoms with van der Waals surface area (Å²) < 4.78 is 13.5. The van der Waals surface area contributed by atoms with E-state index in [1.54, 1.807) is 12.3 Å². The number of rotatable bonds is 2. The minimum Gasteiger partial charge on any atom is -0.465 e. The Kier molecular flexibility index (Phi) is 3.60. The molecule has 110 valence electrons. The van der Waals surface area contributed by atoms with E-state index in [0.29, 0.717) is 13.1 Å². The molecule has 1 aliphatic rings. The lowest BCUT2D eigenvalue weighted by molar-refractivity contribution is 0.187. The molecule has 0 aliphatic carbocycles. The van der Waals surface area contributed by atoms with Crippen molar-refractivity contribution in [2.45, 2.75) is 18.9 Å². The molecule has 1 aliphatic heterocycles. The third kappa shape index (κ3) is 2.89. The molecule has 1 amide bonds. The van der Waals surface area contributed by atoms with Crippen molar-refractivity contribution >= 4 is 22.7 Å². The summed E-state index contributed by atoms with van der Waals surface area (Å²) >= 11 is 0. The lowest BCUT2D eigenvalue weighted by Gasteiger charge is -2.33. The molecule has 5 nitrogen and oxygen atoms in total. The molecule has 0 bridgehead atoms. The highest BCUT2D eigenvalue weighted by Crippen LogP contribution is 2.27. The zero-order valence-electron chi connectivity index (χ0n) is 11.4. The Hall–Kier alpha value is -2.37. The Morgan fingerprint density at radius 1 is 1.33 bits per heavy atom. The number of piperidine rings is 1. The minimum absolute atomic E-state index is 0.0227. The van der Waals surface area contributed by atoms with Gasteiger partial charge in [-0.2, -0.15) is 0 Å². The van der Waals surface area contributed by atoms with Gasteiger partial charge in [0.25, 0.3) is 0 Å². The number of aromatic nitrogens is 1. The quantitative estimate of drug-likeness (QED) is 0.892. The number of carbonyl (C=O) groups is 1. The lowest BCUT2D eigenvalue weighted by atomic mass is 10.0. The fourth-order valence-corrected chi connectivity index (χ4v) is 2.79. The average molecular weight is 289 g/mol. The van der Waals surface area contributed by atoms with Crippen molar-refractivity contribution in [1.82, 2.24) is 10.3 Å². The molecule has 0 spiro atoms. The number of nitrogens with one attached hydrogen (secondary N) is 1. The maximum atomic E-state index is 13.5. The molecule has 2 heterocycles. The Morgan fingerprint density at radius 3 is 2.81 bits per heavy atom. The van der Waals surface area contributed by atoms with Crippen LogP contribution in [0.3, 0.4) is 0 Å². The topological polar surface area (TPSA) is 65.5 Å². The number of pyridine rings is 1. The van der Waals surface area contributed by atoms with Crippen LogP contribution in [0.15, 0.2) is 30.5 Å². The summed E-state index contributed by atoms with van der Waals surface area (Å²) in [7, 11) is 0. The number of benzene rings is 1. The summed E-state index contributed by atoms with van der Waals surface area (Å²) in [5.74, 6) is 0.486. The van der Waals surface area contributed by atoms with Crippen molar-refractivity contribution < 1.29 is 14.3 Å². The van der Waals surface area contributed by atoms with Crippen molar-refractivity contribution in [3.05, 3.63) is 36.3 Å². The van der Waals surface area contributed by atoms with Crippen LogP contribution < -0.4 is 10.2 Å². The first-order valence-electron chi connectivity index (χ1n) is 6.92. The van der Waals surface area contributed by atoms with Crippen molar-refractivity contribution in [3.8, 4) is 0 Å². The molecule has 1 aromatic heterocycles. The molecule has 0 radical (unpaired) electrons. The first-order valence-corrected chi connectivity index (χ1v) is 6.92. The fourth-order valence-electron chi connectivity index (χ4n) is 2.79. The van der Waals surface area contributed by atoms with Crippen molar-refractivity contribution in [2.75, 3.05) is 18.0 Å². The number of fused-ring (bicyclic) bond motifs is 1. The summed E-state index contributed by atoms with van der Waals surface area (Å²) in [5.41, 5.74) is 0. The number of carboxylic acid groups (broad SMARTS) is 1. The van der Waals surface area contributed by atoms with E-state index in [1.807, 2.05) is 6.07 Å². The van der Waals surface area contributed by atoms with E-state index in [9.17, 15) is 9.18 Å². The number of hydrogen-bond donors (Lipinski definition) is 2. The molecular formula is C15H16FN3O2. The van der Waals surface area contributed by atoms with Crippen molar-refractivity contribution in [3.63, 3.8) is 0 Å². The van der Waals surface area contributed by atoms with E-state index in [4.69, 9.17) is 5.11 Å². The van der Waals surface area contributed by atoms with Crippen molar-refractivity contribution in [2.24, 2.45) is 0 Å². The van der Waals surface area contributed by atoms with E-state index in [1.165, 1.54) is 12.1 Å². The van der Waals surface area contributed by atoms with Crippen LogP contribution in [0.1, 0.15) is 12.8 Å². The molecule has 0 atom stereocenters. The summed E-state index contributed by atoms with van der Waals surface area (Å²) in [5, 5.41) is 13.0. The zero-order valence-corrected chi connectivity index (χ0v) is 11.4. The number of nitrogens with zero attached hydrogens (tertiary/aromatic N) is 2. The van der Waals surface area contributed by atoms with E-state index in [2.05, 4.69) is 15.2 Å². The number of amides is 1. The molecule has 0 unspecified atom stereocenters. The van der Waals surface area contributed by atoms with Crippen molar-refractivity contribution in [1.29, 1.82) is 0 Å². The SMILES string of the molecule is O=C(O)NC1CCN(c2nccc3ccc(F)cc23)CC1. The summed E-state index contributed by atoms with van der Waals surface area (Å²) in [6, 6.07) is 6.52. The zero-order chi connectivity index (χ0) is 14.8. The maximum absolute atomic E-state index is 13.5. The molecule has 1 fully saturated rings. The van der Waals surface area contributed by atoms with Crippen LogP contribution in [0.5, 0.6) is 0 Å². The molecule has 21 heavy (non-hydrogen) atoms. The summed E-state index contributed by atoms with van der Waals surface area (Å²) in [6.45, 7) is 1.40. The second kappa shape index (κ2) is 5.55. The molecule has 1 aromatic carbocycles. The smallest absolute Gasteiger partial charge is 0.404 e. The van der Waals surface area contributed by atoms with E-state index in [-0.39, 0.29) is 11.9 Å². The predicted molar refractivity (Wildman–Crippen MR) is 78.1 cm³/mol. The van der Waals surface area contributed by atoms with Gasteiger partial charge in [0.05, 0.1) is 0 Å². The fraction of sp³-hybridized carbons (Fsp3) is 0.333. The third-order valence-electron chi connectivity index (χ3n) is 3.83. The van der Waals surface area contributed by atoms with E-state index >= 15 is 0 Å². The maximum Gasteiger partial charge on any atom is 0.404 e. The largest absolute Gasteiger partial charge is 0.465 e. The van der Waals surface area contributed by atoms with Gasteiger partial charge in [0.15, 0.2) is 0 Å². The van der Waals surface area contributed by atoms with Gasteiger partial charge in [0.2, 0.25) is 0 Å². The van der Waals surface area contributed by atoms with Gasteiger partial charge < -0.3 is 15.3 Å². The van der Waals surface area contributed by atoms with Crippen LogP contribution in [0, 0.1) is 5.82 Å². The molecule has 2 N–H and O–H groups in total. The van der Waals surface area contributed by atoms with Crippen LogP contribution in [-0.4, -0.2) is 35.3 Å². The molecule has 1 saturated heterocycles. The first-order chi connectivity index (χ1) is 10.1. The first kappa shape index (κ1) is 13.6. The van der Waals surface area contributed by atoms with Gasteiger partial charge in [-0.1, -0.05) is 6.07 Å². The van der Waals surface area contributed by atoms with Crippen LogP contribution in [0.25, 0.3) is 10.8 Å². The second-order valence-corrected chi connectivity index (χ2v) is 5.21.